The summed E-state index contributed by atoms with van der Waals surface area (Å²) in [5.41, 5.74) is 4.25. The molecule has 0 aliphatic heterocycles. The van der Waals surface area contributed by atoms with Crippen molar-refractivity contribution in [3.8, 4) is 0 Å². The number of aryl methyl sites for hydroxylation is 1. The van der Waals surface area contributed by atoms with Crippen LogP contribution in [0.15, 0.2) is 48.9 Å². The van der Waals surface area contributed by atoms with Crippen molar-refractivity contribution in [2.75, 3.05) is 0 Å². The van der Waals surface area contributed by atoms with Crippen LogP contribution in [0, 0.1) is 0 Å². The average Bonchev–Trinajstić information content (AvgIpc) is 2.98. The molecular weight excluding hydrogens is 260 g/mol. The summed E-state index contributed by atoms with van der Waals surface area (Å²) in [7, 11) is 0. The molecule has 1 aliphatic carbocycles. The fourth-order valence-corrected chi connectivity index (χ4v) is 3.38. The van der Waals surface area contributed by atoms with Gasteiger partial charge < -0.3 is 4.98 Å². The molecule has 1 aliphatic rings. The minimum atomic E-state index is -0.0193. The molecule has 1 unspecified atom stereocenters. The van der Waals surface area contributed by atoms with Crippen molar-refractivity contribution in [1.82, 2.24) is 9.97 Å². The Labute approximate surface area is 123 Å². The van der Waals surface area contributed by atoms with Crippen LogP contribution in [0.1, 0.15) is 40.2 Å². The summed E-state index contributed by atoms with van der Waals surface area (Å²) in [4.78, 5) is 20.3. The third-order valence-electron chi connectivity index (χ3n) is 4.43. The summed E-state index contributed by atoms with van der Waals surface area (Å²) in [5.74, 6) is 0.190. The number of aromatic nitrogens is 2. The van der Waals surface area contributed by atoms with Gasteiger partial charge in [0.1, 0.15) is 0 Å². The quantitative estimate of drug-likeness (QED) is 0.722. The highest BCUT2D eigenvalue weighted by Gasteiger charge is 2.28. The minimum absolute atomic E-state index is 0.0193. The molecule has 21 heavy (non-hydrogen) atoms. The Morgan fingerprint density at radius 1 is 1.24 bits per heavy atom. The number of pyridine rings is 1. The number of Topliss-reactive ketones (excluding diaryl/α,β-unsaturated/α-hetero) is 1. The van der Waals surface area contributed by atoms with Gasteiger partial charge in [0.15, 0.2) is 5.78 Å². The SMILES string of the molecule is O=C(c1c[nH]c2ccncc12)C1CCCc2ccccc21. The number of carbonyl (C=O) groups is 1. The van der Waals surface area contributed by atoms with E-state index in [9.17, 15) is 4.79 Å². The Morgan fingerprint density at radius 2 is 2.14 bits per heavy atom. The Hall–Kier alpha value is -2.42. The lowest BCUT2D eigenvalue weighted by molar-refractivity contribution is 0.0952. The van der Waals surface area contributed by atoms with Crippen LogP contribution in [0.25, 0.3) is 10.9 Å². The Bertz CT molecular complexity index is 819. The first-order valence-corrected chi connectivity index (χ1v) is 7.38. The summed E-state index contributed by atoms with van der Waals surface area (Å²) in [6.45, 7) is 0. The second-order valence-corrected chi connectivity index (χ2v) is 5.63. The molecule has 4 rings (SSSR count). The van der Waals surface area contributed by atoms with Crippen LogP contribution >= 0.6 is 0 Å². The van der Waals surface area contributed by atoms with Crippen molar-refractivity contribution >= 4 is 16.7 Å². The first kappa shape index (κ1) is 12.3. The molecule has 1 aromatic carbocycles. The van der Waals surface area contributed by atoms with Crippen LogP contribution in [0.2, 0.25) is 0 Å². The normalized spacial score (nSPS) is 17.6. The number of rotatable bonds is 2. The first-order chi connectivity index (χ1) is 10.3. The second kappa shape index (κ2) is 4.85. The van der Waals surface area contributed by atoms with E-state index < -0.39 is 0 Å². The van der Waals surface area contributed by atoms with E-state index in [0.717, 1.165) is 35.7 Å². The van der Waals surface area contributed by atoms with Crippen molar-refractivity contribution in [3.63, 3.8) is 0 Å². The lowest BCUT2D eigenvalue weighted by atomic mass is 9.79. The highest BCUT2D eigenvalue weighted by Crippen LogP contribution is 2.35. The highest BCUT2D eigenvalue weighted by atomic mass is 16.1. The van der Waals surface area contributed by atoms with E-state index in [-0.39, 0.29) is 11.7 Å². The van der Waals surface area contributed by atoms with Crippen LogP contribution < -0.4 is 0 Å². The molecule has 2 aromatic heterocycles. The van der Waals surface area contributed by atoms with Crippen molar-refractivity contribution in [2.45, 2.75) is 25.2 Å². The van der Waals surface area contributed by atoms with E-state index in [1.54, 1.807) is 12.4 Å². The minimum Gasteiger partial charge on any atom is -0.360 e. The summed E-state index contributed by atoms with van der Waals surface area (Å²) in [6.07, 6.45) is 8.43. The number of carbonyl (C=O) groups excluding carboxylic acids is 1. The van der Waals surface area contributed by atoms with Gasteiger partial charge in [-0.2, -0.15) is 0 Å². The van der Waals surface area contributed by atoms with Crippen LogP contribution in [0.4, 0.5) is 0 Å². The topological polar surface area (TPSA) is 45.8 Å². The van der Waals surface area contributed by atoms with Gasteiger partial charge in [0.05, 0.1) is 0 Å². The van der Waals surface area contributed by atoms with Gasteiger partial charge in [-0.05, 0) is 36.5 Å². The van der Waals surface area contributed by atoms with Crippen LogP contribution in [0.5, 0.6) is 0 Å². The molecule has 1 atom stereocenters. The van der Waals surface area contributed by atoms with Crippen molar-refractivity contribution in [1.29, 1.82) is 0 Å². The van der Waals surface area contributed by atoms with Gasteiger partial charge in [-0.3, -0.25) is 9.78 Å². The van der Waals surface area contributed by atoms with E-state index in [1.807, 2.05) is 18.3 Å². The number of hydrogen-bond acceptors (Lipinski definition) is 2. The smallest absolute Gasteiger partial charge is 0.172 e. The Balaban J connectivity index is 1.79. The van der Waals surface area contributed by atoms with Gasteiger partial charge in [-0.1, -0.05) is 24.3 Å². The lowest BCUT2D eigenvalue weighted by Gasteiger charge is -2.24. The summed E-state index contributed by atoms with van der Waals surface area (Å²) in [6, 6.07) is 10.2. The van der Waals surface area contributed by atoms with Gasteiger partial charge >= 0.3 is 0 Å². The maximum atomic E-state index is 13.0. The molecule has 2 heterocycles. The van der Waals surface area contributed by atoms with Crippen molar-refractivity contribution in [2.24, 2.45) is 0 Å². The zero-order chi connectivity index (χ0) is 14.2. The zero-order valence-electron chi connectivity index (χ0n) is 11.7. The maximum absolute atomic E-state index is 13.0. The first-order valence-electron chi connectivity index (χ1n) is 7.38. The van der Waals surface area contributed by atoms with Crippen LogP contribution in [-0.4, -0.2) is 15.8 Å². The lowest BCUT2D eigenvalue weighted by Crippen LogP contribution is -2.18. The standard InChI is InChI=1S/C18H16N2O/c21-18(16-11-20-17-8-9-19-10-15(16)17)14-7-3-5-12-4-1-2-6-13(12)14/h1-2,4,6,8-11,14,20H,3,5,7H2. The fraction of sp³-hybridized carbons (Fsp3) is 0.222. The molecule has 0 saturated heterocycles. The summed E-state index contributed by atoms with van der Waals surface area (Å²) in [5, 5.41) is 0.922. The van der Waals surface area contributed by atoms with Gasteiger partial charge in [0, 0.05) is 41.0 Å². The average molecular weight is 276 g/mol. The molecule has 0 spiro atoms. The molecule has 3 aromatic rings. The number of benzene rings is 1. The van der Waals surface area contributed by atoms with Crippen LogP contribution in [-0.2, 0) is 6.42 Å². The second-order valence-electron chi connectivity index (χ2n) is 5.63. The van der Waals surface area contributed by atoms with E-state index in [1.165, 1.54) is 11.1 Å². The fourth-order valence-electron chi connectivity index (χ4n) is 3.38. The van der Waals surface area contributed by atoms with Crippen molar-refractivity contribution < 1.29 is 4.79 Å². The van der Waals surface area contributed by atoms with E-state index >= 15 is 0 Å². The summed E-state index contributed by atoms with van der Waals surface area (Å²) >= 11 is 0. The largest absolute Gasteiger partial charge is 0.360 e. The molecule has 1 N–H and O–H groups in total. The maximum Gasteiger partial charge on any atom is 0.172 e. The number of nitrogens with one attached hydrogen (secondary N) is 1. The number of H-pyrrole nitrogens is 1. The number of nitrogens with zero attached hydrogens (tertiary/aromatic N) is 1. The molecule has 3 heteroatoms. The van der Waals surface area contributed by atoms with Gasteiger partial charge in [0.2, 0.25) is 0 Å². The van der Waals surface area contributed by atoms with E-state index in [4.69, 9.17) is 0 Å². The van der Waals surface area contributed by atoms with Crippen LogP contribution in [0.3, 0.4) is 0 Å². The van der Waals surface area contributed by atoms with Gasteiger partial charge in [-0.25, -0.2) is 0 Å². The number of ketones is 1. The van der Waals surface area contributed by atoms with E-state index in [0.29, 0.717) is 0 Å². The predicted octanol–water partition coefficient (Wildman–Crippen LogP) is 3.87. The third-order valence-corrected chi connectivity index (χ3v) is 4.43. The Kier molecular flexibility index (Phi) is 2.85. The molecule has 104 valence electrons. The highest BCUT2D eigenvalue weighted by molar-refractivity contribution is 6.10. The zero-order valence-corrected chi connectivity index (χ0v) is 11.7. The number of fused-ring (bicyclic) bond motifs is 2. The molecule has 0 saturated carbocycles. The van der Waals surface area contributed by atoms with Gasteiger partial charge in [0.25, 0.3) is 0 Å². The monoisotopic (exact) mass is 276 g/mol. The molecule has 0 bridgehead atoms. The number of aromatic amines is 1. The Morgan fingerprint density at radius 3 is 3.10 bits per heavy atom. The summed E-state index contributed by atoms with van der Waals surface area (Å²) < 4.78 is 0. The molecule has 0 radical (unpaired) electrons. The van der Waals surface area contributed by atoms with Crippen molar-refractivity contribution in [3.05, 3.63) is 65.6 Å². The van der Waals surface area contributed by atoms with Gasteiger partial charge in [-0.15, -0.1) is 0 Å². The predicted molar refractivity (Wildman–Crippen MR) is 82.5 cm³/mol. The molecule has 0 amide bonds. The third kappa shape index (κ3) is 1.97. The molecule has 0 fully saturated rings. The molecular formula is C18H16N2O. The number of hydrogen-bond donors (Lipinski definition) is 1. The molecule has 3 nitrogen and oxygen atoms in total. The van der Waals surface area contributed by atoms with E-state index in [2.05, 4.69) is 28.2 Å².